The summed E-state index contributed by atoms with van der Waals surface area (Å²) in [6.07, 6.45) is 3.00. The third-order valence-corrected chi connectivity index (χ3v) is 4.55. The van der Waals surface area contributed by atoms with Gasteiger partial charge in [0.1, 0.15) is 9.84 Å². The Kier molecular flexibility index (Phi) is 5.62. The van der Waals surface area contributed by atoms with Gasteiger partial charge >= 0.3 is 0 Å². The lowest BCUT2D eigenvalue weighted by molar-refractivity contribution is 0.513. The van der Waals surface area contributed by atoms with E-state index in [1.165, 1.54) is 17.4 Å². The molecule has 1 aromatic rings. The van der Waals surface area contributed by atoms with Crippen LogP contribution in [0.2, 0.25) is 0 Å². The normalized spacial score (nSPS) is 13.8. The van der Waals surface area contributed by atoms with Gasteiger partial charge in [0.2, 0.25) is 0 Å². The average molecular weight is 275 g/mol. The van der Waals surface area contributed by atoms with E-state index in [2.05, 4.69) is 29.9 Å². The highest BCUT2D eigenvalue weighted by atomic mass is 32.2. The molecule has 0 bridgehead atoms. The molecule has 1 aromatic heterocycles. The minimum Gasteiger partial charge on any atom is -0.310 e. The lowest BCUT2D eigenvalue weighted by atomic mass is 10.0. The van der Waals surface area contributed by atoms with E-state index in [1.54, 1.807) is 11.3 Å². The Hall–Kier alpha value is -0.390. The van der Waals surface area contributed by atoms with Crippen LogP contribution in [-0.4, -0.2) is 27.0 Å². The van der Waals surface area contributed by atoms with Crippen LogP contribution in [0.1, 0.15) is 36.9 Å². The van der Waals surface area contributed by atoms with Crippen LogP contribution < -0.4 is 5.32 Å². The number of aryl methyl sites for hydroxylation is 1. The first kappa shape index (κ1) is 14.7. The van der Waals surface area contributed by atoms with Crippen molar-refractivity contribution in [3.8, 4) is 0 Å². The van der Waals surface area contributed by atoms with E-state index in [1.807, 2.05) is 0 Å². The fourth-order valence-corrected chi connectivity index (χ4v) is 3.31. The van der Waals surface area contributed by atoms with Crippen molar-refractivity contribution in [1.82, 2.24) is 5.32 Å². The van der Waals surface area contributed by atoms with Gasteiger partial charge in [0.05, 0.1) is 5.75 Å². The summed E-state index contributed by atoms with van der Waals surface area (Å²) >= 11 is 1.67. The Morgan fingerprint density at radius 3 is 2.59 bits per heavy atom. The topological polar surface area (TPSA) is 46.2 Å². The molecule has 1 N–H and O–H groups in total. The van der Waals surface area contributed by atoms with E-state index in [0.29, 0.717) is 6.42 Å². The Labute approximate surface area is 108 Å². The zero-order chi connectivity index (χ0) is 12.9. The van der Waals surface area contributed by atoms with Crippen molar-refractivity contribution < 1.29 is 8.42 Å². The maximum atomic E-state index is 11.2. The van der Waals surface area contributed by atoms with Gasteiger partial charge in [-0.15, -0.1) is 0 Å². The summed E-state index contributed by atoms with van der Waals surface area (Å²) in [5.41, 5.74) is 2.49. The predicted octanol–water partition coefficient (Wildman–Crippen LogP) is 2.53. The van der Waals surface area contributed by atoms with E-state index in [4.69, 9.17) is 0 Å². The van der Waals surface area contributed by atoms with Gasteiger partial charge in [-0.1, -0.05) is 6.92 Å². The van der Waals surface area contributed by atoms with E-state index in [-0.39, 0.29) is 11.8 Å². The molecule has 0 saturated heterocycles. The number of hydrogen-bond acceptors (Lipinski definition) is 4. The van der Waals surface area contributed by atoms with Gasteiger partial charge in [-0.25, -0.2) is 8.42 Å². The quantitative estimate of drug-likeness (QED) is 0.832. The van der Waals surface area contributed by atoms with Gasteiger partial charge in [0.15, 0.2) is 0 Å². The Balaban J connectivity index is 2.71. The third-order valence-electron chi connectivity index (χ3n) is 2.69. The molecule has 1 heterocycles. The highest BCUT2D eigenvalue weighted by molar-refractivity contribution is 7.90. The average Bonchev–Trinajstić information content (AvgIpc) is 2.63. The second-order valence-corrected chi connectivity index (χ2v) is 7.44. The molecular formula is C12H21NO2S2. The zero-order valence-corrected chi connectivity index (χ0v) is 12.3. The largest absolute Gasteiger partial charge is 0.310 e. The van der Waals surface area contributed by atoms with Crippen molar-refractivity contribution in [3.05, 3.63) is 21.9 Å². The van der Waals surface area contributed by atoms with Gasteiger partial charge in [-0.3, -0.25) is 0 Å². The van der Waals surface area contributed by atoms with Crippen molar-refractivity contribution in [2.75, 3.05) is 18.6 Å². The zero-order valence-electron chi connectivity index (χ0n) is 10.7. The molecular weight excluding hydrogens is 254 g/mol. The van der Waals surface area contributed by atoms with Crippen molar-refractivity contribution in [2.24, 2.45) is 0 Å². The van der Waals surface area contributed by atoms with Gasteiger partial charge in [-0.05, 0) is 48.2 Å². The van der Waals surface area contributed by atoms with Crippen LogP contribution in [-0.2, 0) is 9.84 Å². The number of nitrogens with one attached hydrogen (secondary N) is 1. The summed E-state index contributed by atoms with van der Waals surface area (Å²) < 4.78 is 22.5. The minimum atomic E-state index is -2.88. The number of sulfone groups is 1. The van der Waals surface area contributed by atoms with Gasteiger partial charge < -0.3 is 5.32 Å². The SMILES string of the molecule is CCCNC(CCS(C)(=O)=O)c1cscc1C. The second kappa shape index (κ2) is 6.52. The van der Waals surface area contributed by atoms with Crippen LogP contribution in [0, 0.1) is 6.92 Å². The molecule has 0 spiro atoms. The Bertz CT molecular complexity index is 437. The molecule has 0 aromatic carbocycles. The van der Waals surface area contributed by atoms with Gasteiger partial charge in [0, 0.05) is 12.3 Å². The summed E-state index contributed by atoms with van der Waals surface area (Å²) in [6, 6.07) is 0.163. The molecule has 3 nitrogen and oxygen atoms in total. The molecule has 0 amide bonds. The summed E-state index contributed by atoms with van der Waals surface area (Å²) in [5, 5.41) is 7.65. The van der Waals surface area contributed by atoms with Gasteiger partial charge in [0.25, 0.3) is 0 Å². The van der Waals surface area contributed by atoms with Crippen molar-refractivity contribution >= 4 is 21.2 Å². The van der Waals surface area contributed by atoms with E-state index in [0.717, 1.165) is 13.0 Å². The number of thiophene rings is 1. The van der Waals surface area contributed by atoms with Crippen LogP contribution in [0.15, 0.2) is 10.8 Å². The fraction of sp³-hybridized carbons (Fsp3) is 0.667. The maximum Gasteiger partial charge on any atom is 0.147 e. The molecule has 1 atom stereocenters. The monoisotopic (exact) mass is 275 g/mol. The molecule has 5 heteroatoms. The highest BCUT2D eigenvalue weighted by Crippen LogP contribution is 2.24. The van der Waals surface area contributed by atoms with Crippen LogP contribution in [0.3, 0.4) is 0 Å². The first-order valence-electron chi connectivity index (χ1n) is 5.88. The molecule has 0 radical (unpaired) electrons. The van der Waals surface area contributed by atoms with Crippen molar-refractivity contribution in [2.45, 2.75) is 32.7 Å². The summed E-state index contributed by atoms with van der Waals surface area (Å²) in [4.78, 5) is 0. The lowest BCUT2D eigenvalue weighted by Gasteiger charge is -2.18. The first-order chi connectivity index (χ1) is 7.94. The first-order valence-corrected chi connectivity index (χ1v) is 8.88. The van der Waals surface area contributed by atoms with Crippen LogP contribution in [0.25, 0.3) is 0 Å². The standard InChI is InChI=1S/C12H21NO2S2/c1-4-6-13-12(5-7-17(3,14)15)11-9-16-8-10(11)2/h8-9,12-13H,4-7H2,1-3H3. The van der Waals surface area contributed by atoms with Crippen LogP contribution >= 0.6 is 11.3 Å². The summed E-state index contributed by atoms with van der Waals surface area (Å²) in [7, 11) is -2.88. The van der Waals surface area contributed by atoms with Crippen molar-refractivity contribution in [3.63, 3.8) is 0 Å². The highest BCUT2D eigenvalue weighted by Gasteiger charge is 2.16. The predicted molar refractivity (Wildman–Crippen MR) is 74.4 cm³/mol. The molecule has 0 aliphatic rings. The molecule has 1 rings (SSSR count). The van der Waals surface area contributed by atoms with Crippen LogP contribution in [0.4, 0.5) is 0 Å². The smallest absolute Gasteiger partial charge is 0.147 e. The molecule has 0 saturated carbocycles. The minimum absolute atomic E-state index is 0.163. The van der Waals surface area contributed by atoms with Crippen LogP contribution in [0.5, 0.6) is 0 Å². The summed E-state index contributed by atoms with van der Waals surface area (Å²) in [6.45, 7) is 5.11. The second-order valence-electron chi connectivity index (χ2n) is 4.44. The molecule has 1 unspecified atom stereocenters. The molecule has 17 heavy (non-hydrogen) atoms. The summed E-state index contributed by atoms with van der Waals surface area (Å²) in [5.74, 6) is 0.240. The maximum absolute atomic E-state index is 11.2. The van der Waals surface area contributed by atoms with E-state index in [9.17, 15) is 8.42 Å². The number of rotatable bonds is 7. The van der Waals surface area contributed by atoms with E-state index >= 15 is 0 Å². The Morgan fingerprint density at radius 1 is 1.41 bits per heavy atom. The van der Waals surface area contributed by atoms with Crippen molar-refractivity contribution in [1.29, 1.82) is 0 Å². The van der Waals surface area contributed by atoms with E-state index < -0.39 is 9.84 Å². The molecule has 0 fully saturated rings. The van der Waals surface area contributed by atoms with Gasteiger partial charge in [-0.2, -0.15) is 11.3 Å². The number of hydrogen-bond donors (Lipinski definition) is 1. The third kappa shape index (κ3) is 5.19. The molecule has 0 aliphatic carbocycles. The Morgan fingerprint density at radius 2 is 2.12 bits per heavy atom. The molecule has 98 valence electrons. The lowest BCUT2D eigenvalue weighted by Crippen LogP contribution is -2.24. The molecule has 0 aliphatic heterocycles. The fourth-order valence-electron chi connectivity index (χ4n) is 1.75.